The van der Waals surface area contributed by atoms with Crippen molar-refractivity contribution in [2.45, 2.75) is 79.3 Å². The summed E-state index contributed by atoms with van der Waals surface area (Å²) in [5.74, 6) is 0. The molecule has 0 saturated carbocycles. The van der Waals surface area contributed by atoms with Crippen LogP contribution in [0.1, 0.15) is 67.7 Å². The minimum atomic E-state index is -0.169. The SMILES string of the molecule is CCCC(C)(C)CC(C)(C)NC(=O)NC(C)C. The summed E-state index contributed by atoms with van der Waals surface area (Å²) in [6.45, 7) is 14.8. The highest BCUT2D eigenvalue weighted by atomic mass is 16.2. The van der Waals surface area contributed by atoms with Crippen LogP contribution in [0.2, 0.25) is 0 Å². The van der Waals surface area contributed by atoms with Gasteiger partial charge in [0.25, 0.3) is 0 Å². The lowest BCUT2D eigenvalue weighted by Gasteiger charge is -2.35. The Balaban J connectivity index is 4.33. The van der Waals surface area contributed by atoms with Gasteiger partial charge in [-0.05, 0) is 46.0 Å². The molecule has 2 N–H and O–H groups in total. The zero-order valence-electron chi connectivity index (χ0n) is 12.6. The number of amides is 2. The number of carbonyl (C=O) groups excluding carboxylic acids is 1. The third kappa shape index (κ3) is 8.06. The van der Waals surface area contributed by atoms with Gasteiger partial charge in [0.15, 0.2) is 0 Å². The molecular formula is C14H30N2O. The van der Waals surface area contributed by atoms with Crippen molar-refractivity contribution >= 4 is 6.03 Å². The van der Waals surface area contributed by atoms with Gasteiger partial charge < -0.3 is 10.6 Å². The highest BCUT2D eigenvalue weighted by Gasteiger charge is 2.29. The van der Waals surface area contributed by atoms with E-state index in [1.54, 1.807) is 0 Å². The zero-order chi connectivity index (χ0) is 13.7. The average molecular weight is 242 g/mol. The Morgan fingerprint density at radius 3 is 2.12 bits per heavy atom. The fraction of sp³-hybridized carbons (Fsp3) is 0.929. The Morgan fingerprint density at radius 1 is 1.18 bits per heavy atom. The molecule has 0 atom stereocenters. The van der Waals surface area contributed by atoms with Crippen molar-refractivity contribution in [3.05, 3.63) is 0 Å². The van der Waals surface area contributed by atoms with Gasteiger partial charge in [0.1, 0.15) is 0 Å². The van der Waals surface area contributed by atoms with Crippen molar-refractivity contribution < 1.29 is 4.79 Å². The number of carbonyl (C=O) groups is 1. The number of rotatable bonds is 6. The Morgan fingerprint density at radius 2 is 1.71 bits per heavy atom. The highest BCUT2D eigenvalue weighted by Crippen LogP contribution is 2.32. The molecule has 0 aromatic heterocycles. The second kappa shape index (κ2) is 6.27. The first-order valence-corrected chi connectivity index (χ1v) is 6.67. The molecule has 0 heterocycles. The van der Waals surface area contributed by atoms with Crippen LogP contribution in [0.5, 0.6) is 0 Å². The first kappa shape index (κ1) is 16.3. The second-order valence-corrected chi connectivity index (χ2v) is 6.73. The molecule has 0 saturated heterocycles. The van der Waals surface area contributed by atoms with Crippen molar-refractivity contribution in [1.82, 2.24) is 10.6 Å². The van der Waals surface area contributed by atoms with E-state index in [-0.39, 0.29) is 23.0 Å². The van der Waals surface area contributed by atoms with Crippen LogP contribution in [0, 0.1) is 5.41 Å². The summed E-state index contributed by atoms with van der Waals surface area (Å²) in [4.78, 5) is 11.7. The van der Waals surface area contributed by atoms with E-state index in [4.69, 9.17) is 0 Å². The second-order valence-electron chi connectivity index (χ2n) is 6.73. The Labute approximate surface area is 107 Å². The molecule has 0 aromatic carbocycles. The van der Waals surface area contributed by atoms with E-state index in [1.165, 1.54) is 12.8 Å². The summed E-state index contributed by atoms with van der Waals surface area (Å²) in [5.41, 5.74) is 0.0982. The molecule has 0 aromatic rings. The fourth-order valence-electron chi connectivity index (χ4n) is 2.61. The predicted molar refractivity (Wildman–Crippen MR) is 74.2 cm³/mol. The maximum atomic E-state index is 11.7. The number of urea groups is 1. The third-order valence-corrected chi connectivity index (χ3v) is 2.72. The minimum absolute atomic E-state index is 0.0719. The van der Waals surface area contributed by atoms with Crippen molar-refractivity contribution in [3.63, 3.8) is 0 Å². The van der Waals surface area contributed by atoms with E-state index >= 15 is 0 Å². The van der Waals surface area contributed by atoms with E-state index in [2.05, 4.69) is 45.3 Å². The van der Waals surface area contributed by atoms with Gasteiger partial charge in [0.05, 0.1) is 0 Å². The smallest absolute Gasteiger partial charge is 0.315 e. The van der Waals surface area contributed by atoms with E-state index in [1.807, 2.05) is 13.8 Å². The lowest BCUT2D eigenvalue weighted by atomic mass is 9.77. The molecule has 0 spiro atoms. The quantitative estimate of drug-likeness (QED) is 0.733. The molecular weight excluding hydrogens is 212 g/mol. The molecule has 0 aliphatic rings. The van der Waals surface area contributed by atoms with Gasteiger partial charge >= 0.3 is 6.03 Å². The van der Waals surface area contributed by atoms with E-state index in [0.29, 0.717) is 0 Å². The fourth-order valence-corrected chi connectivity index (χ4v) is 2.61. The van der Waals surface area contributed by atoms with Gasteiger partial charge in [-0.15, -0.1) is 0 Å². The van der Waals surface area contributed by atoms with Gasteiger partial charge in [0.2, 0.25) is 0 Å². The molecule has 0 rings (SSSR count). The maximum Gasteiger partial charge on any atom is 0.315 e. The Hall–Kier alpha value is -0.730. The van der Waals surface area contributed by atoms with Gasteiger partial charge in [-0.25, -0.2) is 4.79 Å². The van der Waals surface area contributed by atoms with Crippen LogP contribution in [0.25, 0.3) is 0 Å². The lowest BCUT2D eigenvalue weighted by molar-refractivity contribution is 0.194. The Bertz CT molecular complexity index is 245. The molecule has 0 aliphatic heterocycles. The molecule has 3 nitrogen and oxygen atoms in total. The van der Waals surface area contributed by atoms with Crippen LogP contribution in [0.3, 0.4) is 0 Å². The molecule has 0 fully saturated rings. The van der Waals surface area contributed by atoms with Crippen LogP contribution in [-0.4, -0.2) is 17.6 Å². The van der Waals surface area contributed by atoms with Crippen molar-refractivity contribution in [1.29, 1.82) is 0 Å². The molecule has 102 valence electrons. The highest BCUT2D eigenvalue weighted by molar-refractivity contribution is 5.74. The Kier molecular flexibility index (Phi) is 6.00. The monoisotopic (exact) mass is 242 g/mol. The van der Waals surface area contributed by atoms with Crippen LogP contribution in [-0.2, 0) is 0 Å². The standard InChI is InChI=1S/C14H30N2O/c1-8-9-13(4,5)10-14(6,7)16-12(17)15-11(2)3/h11H,8-10H2,1-7H3,(H2,15,16,17). The summed E-state index contributed by atoms with van der Waals surface area (Å²) in [6.07, 6.45) is 3.35. The zero-order valence-corrected chi connectivity index (χ0v) is 12.6. The third-order valence-electron chi connectivity index (χ3n) is 2.72. The van der Waals surface area contributed by atoms with Crippen LogP contribution >= 0.6 is 0 Å². The van der Waals surface area contributed by atoms with Crippen molar-refractivity contribution in [2.24, 2.45) is 5.41 Å². The van der Waals surface area contributed by atoms with Gasteiger partial charge in [0, 0.05) is 11.6 Å². The summed E-state index contributed by atoms with van der Waals surface area (Å²) < 4.78 is 0. The lowest BCUT2D eigenvalue weighted by Crippen LogP contribution is -2.51. The van der Waals surface area contributed by atoms with Crippen LogP contribution in [0.4, 0.5) is 4.79 Å². The van der Waals surface area contributed by atoms with Gasteiger partial charge in [-0.3, -0.25) is 0 Å². The summed E-state index contributed by atoms with van der Waals surface area (Å²) in [6, 6.07) is 0.103. The molecule has 3 heteroatoms. The van der Waals surface area contributed by atoms with Crippen molar-refractivity contribution in [2.75, 3.05) is 0 Å². The normalized spacial score (nSPS) is 12.7. The average Bonchev–Trinajstić information content (AvgIpc) is 1.96. The first-order valence-electron chi connectivity index (χ1n) is 6.67. The predicted octanol–water partition coefficient (Wildman–Crippen LogP) is 3.69. The molecule has 0 radical (unpaired) electrons. The summed E-state index contributed by atoms with van der Waals surface area (Å²) >= 11 is 0. The van der Waals surface area contributed by atoms with E-state index in [9.17, 15) is 4.79 Å². The van der Waals surface area contributed by atoms with Crippen molar-refractivity contribution in [3.8, 4) is 0 Å². The van der Waals surface area contributed by atoms with E-state index in [0.717, 1.165) is 6.42 Å². The molecule has 0 aliphatic carbocycles. The van der Waals surface area contributed by atoms with E-state index < -0.39 is 0 Å². The first-order chi connectivity index (χ1) is 7.58. The molecule has 0 bridgehead atoms. The number of nitrogens with one attached hydrogen (secondary N) is 2. The summed E-state index contributed by atoms with van der Waals surface area (Å²) in [7, 11) is 0. The summed E-state index contributed by atoms with van der Waals surface area (Å²) in [5, 5.41) is 5.92. The van der Waals surface area contributed by atoms with Gasteiger partial charge in [-0.1, -0.05) is 27.2 Å². The van der Waals surface area contributed by atoms with Crippen LogP contribution in [0.15, 0.2) is 0 Å². The minimum Gasteiger partial charge on any atom is -0.336 e. The number of hydrogen-bond donors (Lipinski definition) is 2. The van der Waals surface area contributed by atoms with Crippen LogP contribution < -0.4 is 10.6 Å². The van der Waals surface area contributed by atoms with Gasteiger partial charge in [-0.2, -0.15) is 0 Å². The molecule has 2 amide bonds. The topological polar surface area (TPSA) is 41.1 Å². The largest absolute Gasteiger partial charge is 0.336 e. The number of hydrogen-bond acceptors (Lipinski definition) is 1. The maximum absolute atomic E-state index is 11.7. The molecule has 17 heavy (non-hydrogen) atoms. The molecule has 0 unspecified atom stereocenters.